The van der Waals surface area contributed by atoms with E-state index in [9.17, 15) is 28.8 Å². The topological polar surface area (TPSA) is 167 Å². The number of hydrogen-bond acceptors (Lipinski definition) is 13. The average molecular weight is 759 g/mol. The van der Waals surface area contributed by atoms with Crippen molar-refractivity contribution in [1.29, 1.82) is 0 Å². The molecule has 0 heterocycles. The van der Waals surface area contributed by atoms with Crippen molar-refractivity contribution in [2.45, 2.75) is 157 Å². The standard InChI is InChI=1S/C40H70O13/c1-7-13-19-33(41)48-27-39(28-49-34(42)20-14-8-2,29-50-35(43)21-15-9-3)25-47-26-40(30-51-36(44)22-16-10-4,31-52-37(45)23-17-11-5)32-53-38(46)24-18-12-6/h7-32H2,1-6H3. The summed E-state index contributed by atoms with van der Waals surface area (Å²) in [6, 6.07) is 0. The summed E-state index contributed by atoms with van der Waals surface area (Å²) in [5.74, 6) is -2.77. The van der Waals surface area contributed by atoms with Crippen molar-refractivity contribution >= 4 is 35.8 Å². The minimum atomic E-state index is -1.31. The number of carbonyl (C=O) groups excluding carboxylic acids is 6. The van der Waals surface area contributed by atoms with Gasteiger partial charge < -0.3 is 33.2 Å². The Hall–Kier alpha value is -3.22. The molecule has 0 unspecified atom stereocenters. The van der Waals surface area contributed by atoms with Gasteiger partial charge in [0.1, 0.15) is 39.6 Å². The lowest BCUT2D eigenvalue weighted by Crippen LogP contribution is -2.47. The molecule has 0 aromatic rings. The summed E-state index contributed by atoms with van der Waals surface area (Å²) in [7, 11) is 0. The summed E-state index contributed by atoms with van der Waals surface area (Å²) >= 11 is 0. The first-order valence-electron chi connectivity index (χ1n) is 20.0. The lowest BCUT2D eigenvalue weighted by Gasteiger charge is -2.35. The number of unbranched alkanes of at least 4 members (excludes halogenated alkanes) is 6. The molecule has 0 bridgehead atoms. The number of ether oxygens (including phenoxy) is 7. The van der Waals surface area contributed by atoms with Gasteiger partial charge in [0.15, 0.2) is 0 Å². The Labute approximate surface area is 318 Å². The Balaban J connectivity index is 6.63. The van der Waals surface area contributed by atoms with Crippen LogP contribution < -0.4 is 0 Å². The van der Waals surface area contributed by atoms with Crippen LogP contribution in [0, 0.1) is 10.8 Å². The van der Waals surface area contributed by atoms with Crippen LogP contribution in [-0.2, 0) is 61.9 Å². The minimum absolute atomic E-state index is 0.180. The minimum Gasteiger partial charge on any atom is -0.465 e. The zero-order valence-electron chi connectivity index (χ0n) is 33.7. The van der Waals surface area contributed by atoms with Gasteiger partial charge in [0.25, 0.3) is 0 Å². The van der Waals surface area contributed by atoms with Crippen LogP contribution in [0.15, 0.2) is 0 Å². The summed E-state index contributed by atoms with van der Waals surface area (Å²) < 4.78 is 40.3. The van der Waals surface area contributed by atoms with Crippen LogP contribution in [0.2, 0.25) is 0 Å². The van der Waals surface area contributed by atoms with Gasteiger partial charge in [-0.3, -0.25) is 28.8 Å². The summed E-state index contributed by atoms with van der Waals surface area (Å²) in [5, 5.41) is 0. The zero-order valence-corrected chi connectivity index (χ0v) is 33.7. The van der Waals surface area contributed by atoms with E-state index in [2.05, 4.69) is 0 Å². The highest BCUT2D eigenvalue weighted by Gasteiger charge is 2.41. The van der Waals surface area contributed by atoms with E-state index in [1.54, 1.807) is 0 Å². The number of carbonyl (C=O) groups is 6. The summed E-state index contributed by atoms with van der Waals surface area (Å²) in [4.78, 5) is 76.1. The molecule has 0 saturated heterocycles. The molecule has 0 aromatic heterocycles. The van der Waals surface area contributed by atoms with E-state index >= 15 is 0 Å². The van der Waals surface area contributed by atoms with Crippen LogP contribution in [0.4, 0.5) is 0 Å². The van der Waals surface area contributed by atoms with Crippen LogP contribution in [0.5, 0.6) is 0 Å². The van der Waals surface area contributed by atoms with E-state index in [-0.39, 0.29) is 91.4 Å². The molecule has 53 heavy (non-hydrogen) atoms. The van der Waals surface area contributed by atoms with E-state index in [1.807, 2.05) is 41.5 Å². The smallest absolute Gasteiger partial charge is 0.305 e. The van der Waals surface area contributed by atoms with Crippen LogP contribution in [0.3, 0.4) is 0 Å². The molecule has 0 saturated carbocycles. The third-order valence-electron chi connectivity index (χ3n) is 8.46. The SMILES string of the molecule is CCCCC(=O)OCC(COCC(COC(=O)CCCC)(COC(=O)CCCC)COC(=O)CCCC)(COC(=O)CCCC)COC(=O)CCCC. The predicted octanol–water partition coefficient (Wildman–Crippen LogP) is 7.38. The maximum absolute atomic E-state index is 12.7. The van der Waals surface area contributed by atoms with Gasteiger partial charge in [0.2, 0.25) is 0 Å². The van der Waals surface area contributed by atoms with Crippen molar-refractivity contribution in [2.75, 3.05) is 52.9 Å². The maximum Gasteiger partial charge on any atom is 0.305 e. The van der Waals surface area contributed by atoms with E-state index in [0.29, 0.717) is 38.5 Å². The Kier molecular flexibility index (Phi) is 29.3. The molecule has 0 atom stereocenters. The molecule has 0 amide bonds. The third-order valence-corrected chi connectivity index (χ3v) is 8.46. The molecule has 0 spiro atoms. The molecule has 0 fully saturated rings. The lowest BCUT2D eigenvalue weighted by molar-refractivity contribution is -0.175. The Bertz CT molecular complexity index is 842. The first kappa shape index (κ1) is 49.8. The van der Waals surface area contributed by atoms with Gasteiger partial charge in [0, 0.05) is 38.5 Å². The molecule has 13 heteroatoms. The summed E-state index contributed by atoms with van der Waals surface area (Å²) in [6.07, 6.45) is 9.49. The van der Waals surface area contributed by atoms with Gasteiger partial charge in [0.05, 0.1) is 24.0 Å². The molecule has 308 valence electrons. The average Bonchev–Trinajstić information content (AvgIpc) is 3.16. The monoisotopic (exact) mass is 758 g/mol. The highest BCUT2D eigenvalue weighted by Crippen LogP contribution is 2.27. The van der Waals surface area contributed by atoms with Crippen molar-refractivity contribution < 1.29 is 61.9 Å². The van der Waals surface area contributed by atoms with Crippen LogP contribution in [0.1, 0.15) is 157 Å². The van der Waals surface area contributed by atoms with Gasteiger partial charge in [-0.05, 0) is 38.5 Å². The Morgan fingerprint density at radius 1 is 0.302 bits per heavy atom. The molecule has 0 radical (unpaired) electrons. The Morgan fingerprint density at radius 2 is 0.472 bits per heavy atom. The second kappa shape index (κ2) is 31.2. The van der Waals surface area contributed by atoms with Gasteiger partial charge >= 0.3 is 35.8 Å². The van der Waals surface area contributed by atoms with Crippen molar-refractivity contribution in [1.82, 2.24) is 0 Å². The van der Waals surface area contributed by atoms with E-state index in [0.717, 1.165) is 38.5 Å². The van der Waals surface area contributed by atoms with Crippen LogP contribution in [-0.4, -0.2) is 88.7 Å². The van der Waals surface area contributed by atoms with Gasteiger partial charge in [-0.15, -0.1) is 0 Å². The first-order valence-corrected chi connectivity index (χ1v) is 20.0. The molecular formula is C40H70O13. The van der Waals surface area contributed by atoms with E-state index < -0.39 is 46.6 Å². The fraction of sp³-hybridized carbons (Fsp3) is 0.850. The van der Waals surface area contributed by atoms with Gasteiger partial charge in [-0.2, -0.15) is 0 Å². The van der Waals surface area contributed by atoms with Crippen molar-refractivity contribution in [3.63, 3.8) is 0 Å². The van der Waals surface area contributed by atoms with Crippen molar-refractivity contribution in [2.24, 2.45) is 10.8 Å². The fourth-order valence-electron chi connectivity index (χ4n) is 4.75. The molecule has 0 N–H and O–H groups in total. The van der Waals surface area contributed by atoms with Crippen LogP contribution in [0.25, 0.3) is 0 Å². The number of hydrogen-bond donors (Lipinski definition) is 0. The zero-order chi connectivity index (χ0) is 39.8. The highest BCUT2D eigenvalue weighted by atomic mass is 16.6. The van der Waals surface area contributed by atoms with Crippen molar-refractivity contribution in [3.8, 4) is 0 Å². The third kappa shape index (κ3) is 25.4. The second-order valence-electron chi connectivity index (χ2n) is 14.1. The van der Waals surface area contributed by atoms with E-state index in [1.165, 1.54) is 0 Å². The summed E-state index contributed by atoms with van der Waals surface area (Å²) in [6.45, 7) is 9.53. The normalized spacial score (nSPS) is 11.4. The fourth-order valence-corrected chi connectivity index (χ4v) is 4.75. The van der Waals surface area contributed by atoms with Gasteiger partial charge in [-0.25, -0.2) is 0 Å². The number of rotatable bonds is 34. The summed E-state index contributed by atoms with van der Waals surface area (Å²) in [5.41, 5.74) is -2.63. The molecule has 0 aromatic carbocycles. The molecule has 0 aliphatic rings. The molecule has 0 aliphatic heterocycles. The largest absolute Gasteiger partial charge is 0.465 e. The van der Waals surface area contributed by atoms with E-state index in [4.69, 9.17) is 33.2 Å². The Morgan fingerprint density at radius 3 is 0.623 bits per heavy atom. The lowest BCUT2D eigenvalue weighted by atomic mass is 9.90. The predicted molar refractivity (Wildman–Crippen MR) is 199 cm³/mol. The first-order chi connectivity index (χ1) is 25.4. The van der Waals surface area contributed by atoms with Crippen molar-refractivity contribution in [3.05, 3.63) is 0 Å². The van der Waals surface area contributed by atoms with Gasteiger partial charge in [-0.1, -0.05) is 80.1 Å². The molecule has 0 rings (SSSR count). The second-order valence-corrected chi connectivity index (χ2v) is 14.1. The number of esters is 6. The van der Waals surface area contributed by atoms with Crippen LogP contribution >= 0.6 is 0 Å². The molecule has 0 aliphatic carbocycles. The molecule has 13 nitrogen and oxygen atoms in total. The molecular weight excluding hydrogens is 688 g/mol. The quantitative estimate of drug-likeness (QED) is 0.0472. The highest BCUT2D eigenvalue weighted by molar-refractivity contribution is 5.71. The maximum atomic E-state index is 12.7.